The van der Waals surface area contributed by atoms with Gasteiger partial charge in [0.15, 0.2) is 0 Å². The summed E-state index contributed by atoms with van der Waals surface area (Å²) < 4.78 is 5.04. The van der Waals surface area contributed by atoms with Crippen molar-refractivity contribution in [2.75, 3.05) is 31.7 Å². The first-order chi connectivity index (χ1) is 8.38. The van der Waals surface area contributed by atoms with Gasteiger partial charge in [-0.15, -0.1) is 0 Å². The van der Waals surface area contributed by atoms with Gasteiger partial charge >= 0.3 is 0 Å². The summed E-state index contributed by atoms with van der Waals surface area (Å²) >= 11 is 0. The number of methoxy groups -OCH3 is 1. The number of para-hydroxylation sites is 1. The molecule has 0 aromatic heterocycles. The molecule has 0 saturated carbocycles. The predicted octanol–water partition coefficient (Wildman–Crippen LogP) is 2.83. The fourth-order valence-electron chi connectivity index (χ4n) is 1.74. The second kappa shape index (κ2) is 8.60. The van der Waals surface area contributed by atoms with Crippen molar-refractivity contribution in [2.24, 2.45) is 0 Å². The Kier molecular flexibility index (Phi) is 6.85. The van der Waals surface area contributed by atoms with Gasteiger partial charge in [-0.05, 0) is 25.0 Å². The van der Waals surface area contributed by atoms with E-state index in [-0.39, 0.29) is 0 Å². The van der Waals surface area contributed by atoms with E-state index in [9.17, 15) is 0 Å². The van der Waals surface area contributed by atoms with E-state index in [4.69, 9.17) is 10.00 Å². The van der Waals surface area contributed by atoms with Crippen molar-refractivity contribution in [3.63, 3.8) is 0 Å². The Labute approximate surface area is 104 Å². The maximum Gasteiger partial charge on any atom is 0.0640 e. The molecule has 3 nitrogen and oxygen atoms in total. The smallest absolute Gasteiger partial charge is 0.0640 e. The van der Waals surface area contributed by atoms with Gasteiger partial charge in [0.2, 0.25) is 0 Å². The molecule has 0 radical (unpaired) electrons. The van der Waals surface area contributed by atoms with Crippen molar-refractivity contribution in [2.45, 2.75) is 19.3 Å². The lowest BCUT2D eigenvalue weighted by Gasteiger charge is -2.23. The van der Waals surface area contributed by atoms with E-state index >= 15 is 0 Å². The van der Waals surface area contributed by atoms with Crippen LogP contribution in [-0.4, -0.2) is 26.8 Å². The zero-order chi connectivity index (χ0) is 12.3. The first-order valence-corrected chi connectivity index (χ1v) is 6.04. The van der Waals surface area contributed by atoms with E-state index in [2.05, 4.69) is 23.1 Å². The van der Waals surface area contributed by atoms with E-state index < -0.39 is 0 Å². The number of hydrogen-bond donors (Lipinski definition) is 0. The quantitative estimate of drug-likeness (QED) is 0.647. The summed E-state index contributed by atoms with van der Waals surface area (Å²) in [5, 5.41) is 8.68. The van der Waals surface area contributed by atoms with Crippen molar-refractivity contribution < 1.29 is 4.74 Å². The van der Waals surface area contributed by atoms with Gasteiger partial charge in [-0.1, -0.05) is 18.2 Å². The molecule has 1 rings (SSSR count). The van der Waals surface area contributed by atoms with Crippen LogP contribution < -0.4 is 4.90 Å². The second-order valence-corrected chi connectivity index (χ2v) is 3.93. The van der Waals surface area contributed by atoms with E-state index in [1.54, 1.807) is 7.11 Å². The van der Waals surface area contributed by atoms with Gasteiger partial charge in [0.05, 0.1) is 12.5 Å². The van der Waals surface area contributed by atoms with E-state index in [0.717, 1.165) is 32.5 Å². The SMILES string of the molecule is COCCCCN(CCC#N)c1ccccc1. The molecule has 0 heterocycles. The van der Waals surface area contributed by atoms with Crippen LogP contribution in [0.2, 0.25) is 0 Å². The molecule has 0 unspecified atom stereocenters. The minimum Gasteiger partial charge on any atom is -0.385 e. The number of nitriles is 1. The van der Waals surface area contributed by atoms with Crippen LogP contribution in [0.3, 0.4) is 0 Å². The van der Waals surface area contributed by atoms with Crippen LogP contribution in [0, 0.1) is 11.3 Å². The van der Waals surface area contributed by atoms with Gasteiger partial charge in [-0.25, -0.2) is 0 Å². The number of nitrogens with zero attached hydrogens (tertiary/aromatic N) is 2. The van der Waals surface area contributed by atoms with Crippen LogP contribution in [0.1, 0.15) is 19.3 Å². The largest absolute Gasteiger partial charge is 0.385 e. The van der Waals surface area contributed by atoms with Crippen LogP contribution in [-0.2, 0) is 4.74 Å². The molecule has 92 valence electrons. The molecule has 17 heavy (non-hydrogen) atoms. The third kappa shape index (κ3) is 5.37. The number of hydrogen-bond acceptors (Lipinski definition) is 3. The van der Waals surface area contributed by atoms with Crippen molar-refractivity contribution in [1.29, 1.82) is 5.26 Å². The highest BCUT2D eigenvalue weighted by Crippen LogP contribution is 2.14. The molecular weight excluding hydrogens is 212 g/mol. The molecule has 0 aliphatic rings. The lowest BCUT2D eigenvalue weighted by molar-refractivity contribution is 0.193. The average Bonchev–Trinajstić information content (AvgIpc) is 2.39. The predicted molar refractivity (Wildman–Crippen MR) is 70.0 cm³/mol. The van der Waals surface area contributed by atoms with Crippen LogP contribution in [0.5, 0.6) is 0 Å². The minimum atomic E-state index is 0.569. The molecule has 0 bridgehead atoms. The molecule has 3 heteroatoms. The van der Waals surface area contributed by atoms with E-state index in [0.29, 0.717) is 6.42 Å². The number of benzene rings is 1. The highest BCUT2D eigenvalue weighted by molar-refractivity contribution is 5.45. The summed E-state index contributed by atoms with van der Waals surface area (Å²) in [4.78, 5) is 2.26. The zero-order valence-corrected chi connectivity index (χ0v) is 10.4. The molecule has 0 spiro atoms. The van der Waals surface area contributed by atoms with Gasteiger partial charge in [0.1, 0.15) is 0 Å². The third-order valence-corrected chi connectivity index (χ3v) is 2.64. The zero-order valence-electron chi connectivity index (χ0n) is 10.4. The standard InChI is InChI=1S/C14H20N2O/c1-17-13-6-5-11-16(12-7-10-15)14-8-3-2-4-9-14/h2-4,8-9H,5-7,11-13H2,1H3. The molecule has 0 atom stereocenters. The van der Waals surface area contributed by atoms with Crippen LogP contribution >= 0.6 is 0 Å². The summed E-state index contributed by atoms with van der Waals surface area (Å²) in [5.74, 6) is 0. The van der Waals surface area contributed by atoms with Gasteiger partial charge in [-0.2, -0.15) is 5.26 Å². The summed E-state index contributed by atoms with van der Waals surface area (Å²) in [6.45, 7) is 2.59. The van der Waals surface area contributed by atoms with Crippen molar-refractivity contribution in [1.82, 2.24) is 0 Å². The number of unbranched alkanes of at least 4 members (excludes halogenated alkanes) is 1. The summed E-state index contributed by atoms with van der Waals surface area (Å²) in [7, 11) is 1.73. The van der Waals surface area contributed by atoms with E-state index in [1.165, 1.54) is 5.69 Å². The van der Waals surface area contributed by atoms with Gasteiger partial charge in [-0.3, -0.25) is 0 Å². The van der Waals surface area contributed by atoms with E-state index in [1.807, 2.05) is 18.2 Å². The normalized spacial score (nSPS) is 9.88. The van der Waals surface area contributed by atoms with Crippen molar-refractivity contribution in [3.8, 4) is 6.07 Å². The number of ether oxygens (including phenoxy) is 1. The Bertz CT molecular complexity index is 332. The number of rotatable bonds is 8. The lowest BCUT2D eigenvalue weighted by Crippen LogP contribution is -2.25. The molecule has 0 amide bonds. The van der Waals surface area contributed by atoms with Crippen LogP contribution in [0.15, 0.2) is 30.3 Å². The molecule has 0 fully saturated rings. The Morgan fingerprint density at radius 3 is 2.59 bits per heavy atom. The monoisotopic (exact) mass is 232 g/mol. The topological polar surface area (TPSA) is 36.3 Å². The summed E-state index contributed by atoms with van der Waals surface area (Å²) in [5.41, 5.74) is 1.19. The summed E-state index contributed by atoms with van der Waals surface area (Å²) in [6.07, 6.45) is 2.72. The van der Waals surface area contributed by atoms with Crippen molar-refractivity contribution >= 4 is 5.69 Å². The average molecular weight is 232 g/mol. The maximum atomic E-state index is 8.68. The molecule has 0 saturated heterocycles. The fraction of sp³-hybridized carbons (Fsp3) is 0.500. The lowest BCUT2D eigenvalue weighted by atomic mass is 10.2. The fourth-order valence-corrected chi connectivity index (χ4v) is 1.74. The Morgan fingerprint density at radius 2 is 1.94 bits per heavy atom. The molecule has 0 aliphatic carbocycles. The Morgan fingerprint density at radius 1 is 1.18 bits per heavy atom. The first-order valence-electron chi connectivity index (χ1n) is 6.04. The third-order valence-electron chi connectivity index (χ3n) is 2.64. The van der Waals surface area contributed by atoms with Crippen LogP contribution in [0.4, 0.5) is 5.69 Å². The highest BCUT2D eigenvalue weighted by Gasteiger charge is 2.04. The van der Waals surface area contributed by atoms with Gasteiger partial charge < -0.3 is 9.64 Å². The van der Waals surface area contributed by atoms with Crippen molar-refractivity contribution in [3.05, 3.63) is 30.3 Å². The molecule has 0 N–H and O–H groups in total. The summed E-state index contributed by atoms with van der Waals surface area (Å²) in [6, 6.07) is 12.5. The number of anilines is 1. The molecule has 1 aromatic rings. The minimum absolute atomic E-state index is 0.569. The molecular formula is C14H20N2O. The van der Waals surface area contributed by atoms with Gasteiger partial charge in [0.25, 0.3) is 0 Å². The molecule has 1 aromatic carbocycles. The first kappa shape index (κ1) is 13.5. The van der Waals surface area contributed by atoms with Crippen LogP contribution in [0.25, 0.3) is 0 Å². The highest BCUT2D eigenvalue weighted by atomic mass is 16.5. The Hall–Kier alpha value is -1.53. The Balaban J connectivity index is 2.46. The molecule has 0 aliphatic heterocycles. The maximum absolute atomic E-state index is 8.68. The second-order valence-electron chi connectivity index (χ2n) is 3.93. The van der Waals surface area contributed by atoms with Gasteiger partial charge in [0, 0.05) is 32.5 Å².